The van der Waals surface area contributed by atoms with Crippen molar-refractivity contribution >= 4 is 5.69 Å². The molecule has 3 heteroatoms. The van der Waals surface area contributed by atoms with Gasteiger partial charge in [0.05, 0.1) is 13.2 Å². The lowest BCUT2D eigenvalue weighted by Crippen LogP contribution is -2.35. The number of hydrogen-bond acceptors (Lipinski definition) is 3. The molecule has 2 rings (SSSR count). The van der Waals surface area contributed by atoms with Crippen LogP contribution < -0.4 is 4.90 Å². The average Bonchev–Trinajstić information content (AvgIpc) is 2.47. The predicted octanol–water partition coefficient (Wildman–Crippen LogP) is 3.83. The maximum atomic E-state index is 5.46. The summed E-state index contributed by atoms with van der Waals surface area (Å²) in [7, 11) is 4.32. The van der Waals surface area contributed by atoms with Crippen molar-refractivity contribution < 1.29 is 4.74 Å². The molecule has 1 aromatic carbocycles. The summed E-state index contributed by atoms with van der Waals surface area (Å²) in [4.78, 5) is 4.78. The van der Waals surface area contributed by atoms with Gasteiger partial charge in [-0.25, -0.2) is 0 Å². The first kappa shape index (κ1) is 17.3. The Morgan fingerprint density at radius 2 is 1.50 bits per heavy atom. The van der Waals surface area contributed by atoms with Gasteiger partial charge in [-0.15, -0.1) is 0 Å². The summed E-state index contributed by atoms with van der Waals surface area (Å²) in [6.45, 7) is 14.0. The number of nitrogens with zero attached hydrogens (tertiary/aromatic N) is 2. The van der Waals surface area contributed by atoms with Crippen LogP contribution in [0, 0.1) is 0 Å². The van der Waals surface area contributed by atoms with E-state index < -0.39 is 0 Å². The fourth-order valence-electron chi connectivity index (χ4n) is 3.25. The molecule has 124 valence electrons. The second kappa shape index (κ2) is 7.47. The molecule has 0 atom stereocenters. The second-order valence-electron chi connectivity index (χ2n) is 7.22. The molecule has 0 bridgehead atoms. The molecule has 0 aromatic heterocycles. The SMILES string of the molecule is CC(C)c1cc(CN2CCOCC2)cc(C(C)C)c1N(C)C. The van der Waals surface area contributed by atoms with Crippen LogP contribution in [0.3, 0.4) is 0 Å². The van der Waals surface area contributed by atoms with Crippen molar-refractivity contribution in [2.75, 3.05) is 45.3 Å². The van der Waals surface area contributed by atoms with Gasteiger partial charge in [-0.3, -0.25) is 4.90 Å². The first-order valence-electron chi connectivity index (χ1n) is 8.54. The van der Waals surface area contributed by atoms with E-state index in [1.807, 2.05) is 0 Å². The van der Waals surface area contributed by atoms with Crippen LogP contribution >= 0.6 is 0 Å². The predicted molar refractivity (Wildman–Crippen MR) is 95.0 cm³/mol. The van der Waals surface area contributed by atoms with Gasteiger partial charge in [-0.2, -0.15) is 0 Å². The Balaban J connectivity index is 2.38. The molecule has 0 aliphatic carbocycles. The molecule has 0 unspecified atom stereocenters. The zero-order valence-electron chi connectivity index (χ0n) is 15.1. The Labute approximate surface area is 136 Å². The minimum absolute atomic E-state index is 0.541. The van der Waals surface area contributed by atoms with Crippen LogP contribution in [0.1, 0.15) is 56.2 Å². The Morgan fingerprint density at radius 3 is 1.91 bits per heavy atom. The van der Waals surface area contributed by atoms with Crippen molar-refractivity contribution in [3.05, 3.63) is 28.8 Å². The molecule has 1 aliphatic heterocycles. The lowest BCUT2D eigenvalue weighted by molar-refractivity contribution is 0.0342. The highest BCUT2D eigenvalue weighted by Crippen LogP contribution is 2.36. The minimum Gasteiger partial charge on any atom is -0.379 e. The molecule has 0 radical (unpaired) electrons. The van der Waals surface area contributed by atoms with Crippen LogP contribution in [0.2, 0.25) is 0 Å². The third kappa shape index (κ3) is 4.02. The normalized spacial score (nSPS) is 16.5. The number of rotatable bonds is 5. The number of benzene rings is 1. The Kier molecular flexibility index (Phi) is 5.87. The van der Waals surface area contributed by atoms with E-state index in [4.69, 9.17) is 4.74 Å². The lowest BCUT2D eigenvalue weighted by atomic mass is 9.89. The second-order valence-corrected chi connectivity index (χ2v) is 7.22. The smallest absolute Gasteiger partial charge is 0.0594 e. The number of morpholine rings is 1. The summed E-state index contributed by atoms with van der Waals surface area (Å²) >= 11 is 0. The summed E-state index contributed by atoms with van der Waals surface area (Å²) in [6, 6.07) is 4.84. The molecular formula is C19H32N2O. The van der Waals surface area contributed by atoms with Crippen LogP contribution in [-0.4, -0.2) is 45.3 Å². The van der Waals surface area contributed by atoms with Gasteiger partial charge in [-0.1, -0.05) is 39.8 Å². The van der Waals surface area contributed by atoms with E-state index in [2.05, 4.69) is 63.7 Å². The van der Waals surface area contributed by atoms with Crippen LogP contribution in [0.25, 0.3) is 0 Å². The summed E-state index contributed by atoms with van der Waals surface area (Å²) in [6.07, 6.45) is 0. The quantitative estimate of drug-likeness (QED) is 0.822. The first-order valence-corrected chi connectivity index (χ1v) is 8.54. The first-order chi connectivity index (χ1) is 10.4. The van der Waals surface area contributed by atoms with Crippen LogP contribution in [0.15, 0.2) is 12.1 Å². The molecule has 1 aromatic rings. The van der Waals surface area contributed by atoms with E-state index in [1.54, 1.807) is 0 Å². The molecule has 1 aliphatic rings. The van der Waals surface area contributed by atoms with Gasteiger partial charge in [0.2, 0.25) is 0 Å². The zero-order valence-corrected chi connectivity index (χ0v) is 15.1. The highest BCUT2D eigenvalue weighted by molar-refractivity contribution is 5.62. The van der Waals surface area contributed by atoms with Gasteiger partial charge in [0.1, 0.15) is 0 Å². The van der Waals surface area contributed by atoms with Gasteiger partial charge < -0.3 is 9.64 Å². The van der Waals surface area contributed by atoms with Gasteiger partial charge >= 0.3 is 0 Å². The van der Waals surface area contributed by atoms with E-state index in [0.717, 1.165) is 32.8 Å². The fraction of sp³-hybridized carbons (Fsp3) is 0.684. The average molecular weight is 304 g/mol. The molecule has 1 fully saturated rings. The topological polar surface area (TPSA) is 15.7 Å². The maximum Gasteiger partial charge on any atom is 0.0594 e. The van der Waals surface area contributed by atoms with Gasteiger partial charge in [0.25, 0.3) is 0 Å². The molecule has 3 nitrogen and oxygen atoms in total. The molecule has 0 N–H and O–H groups in total. The Bertz CT molecular complexity index is 459. The van der Waals surface area contributed by atoms with Gasteiger partial charge in [0, 0.05) is 39.4 Å². The van der Waals surface area contributed by atoms with Crippen molar-refractivity contribution in [3.8, 4) is 0 Å². The highest BCUT2D eigenvalue weighted by atomic mass is 16.5. The number of anilines is 1. The monoisotopic (exact) mass is 304 g/mol. The third-order valence-electron chi connectivity index (χ3n) is 4.43. The lowest BCUT2D eigenvalue weighted by Gasteiger charge is -2.30. The van der Waals surface area contributed by atoms with E-state index in [9.17, 15) is 0 Å². The standard InChI is InChI=1S/C19H32N2O/c1-14(2)17-11-16(13-21-7-9-22-10-8-21)12-18(15(3)4)19(17)20(5)6/h11-12,14-15H,7-10,13H2,1-6H3. The largest absolute Gasteiger partial charge is 0.379 e. The molecular weight excluding hydrogens is 272 g/mol. The molecule has 1 saturated heterocycles. The highest BCUT2D eigenvalue weighted by Gasteiger charge is 2.19. The van der Waals surface area contributed by atoms with E-state index in [0.29, 0.717) is 11.8 Å². The van der Waals surface area contributed by atoms with Crippen LogP contribution in [0.5, 0.6) is 0 Å². The summed E-state index contributed by atoms with van der Waals surface area (Å²) in [5.41, 5.74) is 5.80. The van der Waals surface area contributed by atoms with E-state index >= 15 is 0 Å². The Morgan fingerprint density at radius 1 is 1.00 bits per heavy atom. The fourth-order valence-corrected chi connectivity index (χ4v) is 3.25. The molecule has 0 spiro atoms. The maximum absolute atomic E-state index is 5.46. The molecule has 0 saturated carbocycles. The van der Waals surface area contributed by atoms with Crippen LogP contribution in [0.4, 0.5) is 5.69 Å². The van der Waals surface area contributed by atoms with Crippen molar-refractivity contribution in [2.45, 2.75) is 46.1 Å². The zero-order chi connectivity index (χ0) is 16.3. The summed E-state index contributed by atoms with van der Waals surface area (Å²) < 4.78 is 5.46. The van der Waals surface area contributed by atoms with E-state index in [1.165, 1.54) is 22.4 Å². The minimum atomic E-state index is 0.541. The molecule has 1 heterocycles. The van der Waals surface area contributed by atoms with Crippen molar-refractivity contribution in [3.63, 3.8) is 0 Å². The van der Waals surface area contributed by atoms with Crippen LogP contribution in [-0.2, 0) is 11.3 Å². The van der Waals surface area contributed by atoms with Crippen molar-refractivity contribution in [1.82, 2.24) is 4.90 Å². The molecule has 22 heavy (non-hydrogen) atoms. The van der Waals surface area contributed by atoms with Gasteiger partial charge in [-0.05, 0) is 28.5 Å². The Hall–Kier alpha value is -1.06. The molecule has 0 amide bonds. The van der Waals surface area contributed by atoms with E-state index in [-0.39, 0.29) is 0 Å². The third-order valence-corrected chi connectivity index (χ3v) is 4.43. The summed E-state index contributed by atoms with van der Waals surface area (Å²) in [5, 5.41) is 0. The van der Waals surface area contributed by atoms with Crippen molar-refractivity contribution in [2.24, 2.45) is 0 Å². The van der Waals surface area contributed by atoms with Crippen molar-refractivity contribution in [1.29, 1.82) is 0 Å². The summed E-state index contributed by atoms with van der Waals surface area (Å²) in [5.74, 6) is 1.08. The van der Waals surface area contributed by atoms with Gasteiger partial charge in [0.15, 0.2) is 0 Å². The number of ether oxygens (including phenoxy) is 1. The number of hydrogen-bond donors (Lipinski definition) is 0.